The fourth-order valence-corrected chi connectivity index (χ4v) is 8.10. The topological polar surface area (TPSA) is 44.2 Å². The van der Waals surface area contributed by atoms with E-state index in [-0.39, 0.29) is 18.9 Å². The standard InChI is InChI=1S/C51H51BN2O2/c1-36-42(28-29-44-35-54-49(41-24-16-9-17-25-41)33-46(44)39-20-12-7-13-21-39)30-37(31-47(36)52-55-50(2,3)51(4,5)56-52)26-27-43-34-53-48(40-22-14-8-15-23-40)32-45(43)38-18-10-6-11-19-38/h6-25,30-36,47H,26-29H2,1-5H3. The maximum atomic E-state index is 6.75. The lowest BCUT2D eigenvalue weighted by Gasteiger charge is -2.32. The molecule has 2 atom stereocenters. The number of nitrogens with zero attached hydrogens (tertiary/aromatic N) is 2. The lowest BCUT2D eigenvalue weighted by atomic mass is 9.60. The second kappa shape index (κ2) is 16.0. The quantitative estimate of drug-likeness (QED) is 0.124. The highest BCUT2D eigenvalue weighted by Crippen LogP contribution is 2.47. The van der Waals surface area contributed by atoms with Gasteiger partial charge in [-0.25, -0.2) is 0 Å². The normalized spacial score (nSPS) is 18.7. The summed E-state index contributed by atoms with van der Waals surface area (Å²) in [5, 5.41) is 0. The van der Waals surface area contributed by atoms with Crippen LogP contribution in [0.5, 0.6) is 0 Å². The second-order valence-corrected chi connectivity index (χ2v) is 16.4. The molecular weight excluding hydrogens is 683 g/mol. The fraction of sp³-hybridized carbons (Fsp3) is 0.255. The van der Waals surface area contributed by atoms with Crippen LogP contribution in [0.25, 0.3) is 44.8 Å². The third-order valence-corrected chi connectivity index (χ3v) is 12.2. The minimum atomic E-state index is -0.403. The molecular formula is C51H51BN2O2. The molecule has 0 radical (unpaired) electrons. The van der Waals surface area contributed by atoms with Gasteiger partial charge in [-0.1, -0.05) is 152 Å². The molecule has 1 fully saturated rings. The molecule has 4 nitrogen and oxygen atoms in total. The summed E-state index contributed by atoms with van der Waals surface area (Å²) < 4.78 is 13.5. The highest BCUT2D eigenvalue weighted by Gasteiger charge is 2.54. The smallest absolute Gasteiger partial charge is 0.403 e. The van der Waals surface area contributed by atoms with Crippen LogP contribution in [-0.2, 0) is 22.2 Å². The molecule has 8 rings (SSSR count). The van der Waals surface area contributed by atoms with Crippen LogP contribution in [0.4, 0.5) is 0 Å². The minimum Gasteiger partial charge on any atom is -0.403 e. The number of hydrogen-bond donors (Lipinski definition) is 0. The summed E-state index contributed by atoms with van der Waals surface area (Å²) in [6.45, 7) is 10.9. The Labute approximate surface area is 333 Å². The molecule has 2 aliphatic rings. The van der Waals surface area contributed by atoms with Gasteiger partial charge >= 0.3 is 7.12 Å². The van der Waals surface area contributed by atoms with E-state index >= 15 is 0 Å². The highest BCUT2D eigenvalue weighted by atomic mass is 16.7. The molecule has 0 N–H and O–H groups in total. The third kappa shape index (κ3) is 7.98. The van der Waals surface area contributed by atoms with E-state index in [0.717, 1.165) is 48.2 Å². The summed E-state index contributed by atoms with van der Waals surface area (Å²) in [6, 6.07) is 46.9. The predicted octanol–water partition coefficient (Wildman–Crippen LogP) is 12.7. The number of rotatable bonds is 11. The van der Waals surface area contributed by atoms with Gasteiger partial charge in [0.1, 0.15) is 0 Å². The number of pyridine rings is 2. The van der Waals surface area contributed by atoms with Crippen molar-refractivity contribution in [3.63, 3.8) is 0 Å². The van der Waals surface area contributed by atoms with Gasteiger partial charge in [-0.3, -0.25) is 9.97 Å². The Morgan fingerprint density at radius 2 is 0.946 bits per heavy atom. The van der Waals surface area contributed by atoms with Gasteiger partial charge in [-0.05, 0) is 105 Å². The van der Waals surface area contributed by atoms with Gasteiger partial charge in [0.2, 0.25) is 0 Å². The SMILES string of the molecule is CC1C(CCc2cnc(-c3ccccc3)cc2-c2ccccc2)=CC(CCc2cnc(-c3ccccc3)cc2-c2ccccc2)=CC1B1OC(C)(C)C(C)(C)O1. The Bertz CT molecular complexity index is 2320. The van der Waals surface area contributed by atoms with Crippen LogP contribution in [0, 0.1) is 5.92 Å². The molecule has 0 bridgehead atoms. The molecule has 0 saturated carbocycles. The van der Waals surface area contributed by atoms with Crippen LogP contribution in [-0.4, -0.2) is 28.3 Å². The molecule has 5 heteroatoms. The van der Waals surface area contributed by atoms with Gasteiger partial charge < -0.3 is 9.31 Å². The van der Waals surface area contributed by atoms with Crippen molar-refractivity contribution in [1.82, 2.24) is 9.97 Å². The summed E-state index contributed by atoms with van der Waals surface area (Å²) in [5.41, 5.74) is 13.6. The average Bonchev–Trinajstić information content (AvgIpc) is 3.46. The predicted molar refractivity (Wildman–Crippen MR) is 232 cm³/mol. The van der Waals surface area contributed by atoms with Crippen molar-refractivity contribution in [2.45, 2.75) is 77.3 Å². The molecule has 0 spiro atoms. The van der Waals surface area contributed by atoms with Gasteiger partial charge in [-0.15, -0.1) is 0 Å². The number of hydrogen-bond acceptors (Lipinski definition) is 4. The van der Waals surface area contributed by atoms with Crippen LogP contribution in [0.15, 0.2) is 169 Å². The van der Waals surface area contributed by atoms with Crippen molar-refractivity contribution >= 4 is 7.12 Å². The summed E-state index contributed by atoms with van der Waals surface area (Å²) in [6.07, 6.45) is 12.7. The molecule has 6 aromatic rings. The van der Waals surface area contributed by atoms with E-state index in [0.29, 0.717) is 0 Å². The molecule has 56 heavy (non-hydrogen) atoms. The first kappa shape index (κ1) is 37.6. The van der Waals surface area contributed by atoms with Crippen molar-refractivity contribution in [3.05, 3.63) is 180 Å². The molecule has 4 aromatic carbocycles. The van der Waals surface area contributed by atoms with Crippen molar-refractivity contribution < 1.29 is 9.31 Å². The van der Waals surface area contributed by atoms with E-state index in [1.807, 2.05) is 6.07 Å². The first-order valence-electron chi connectivity index (χ1n) is 20.1. The number of allylic oxidation sites excluding steroid dienone is 4. The number of benzene rings is 4. The Morgan fingerprint density at radius 1 is 0.536 bits per heavy atom. The van der Waals surface area contributed by atoms with Crippen molar-refractivity contribution in [2.75, 3.05) is 0 Å². The number of aryl methyl sites for hydroxylation is 2. The Balaban J connectivity index is 1.11. The molecule has 1 aliphatic carbocycles. The molecule has 1 aliphatic heterocycles. The first-order chi connectivity index (χ1) is 27.1. The van der Waals surface area contributed by atoms with Crippen LogP contribution in [0.2, 0.25) is 5.82 Å². The van der Waals surface area contributed by atoms with Crippen molar-refractivity contribution in [3.8, 4) is 44.8 Å². The third-order valence-electron chi connectivity index (χ3n) is 12.2. The number of aromatic nitrogens is 2. The fourth-order valence-electron chi connectivity index (χ4n) is 8.10. The highest BCUT2D eigenvalue weighted by molar-refractivity contribution is 6.48. The maximum Gasteiger partial charge on any atom is 0.465 e. The monoisotopic (exact) mass is 734 g/mol. The van der Waals surface area contributed by atoms with Crippen LogP contribution in [0.3, 0.4) is 0 Å². The zero-order chi connectivity index (χ0) is 38.7. The van der Waals surface area contributed by atoms with Crippen molar-refractivity contribution in [2.24, 2.45) is 5.92 Å². The summed E-state index contributed by atoms with van der Waals surface area (Å²) in [4.78, 5) is 9.96. The Hall–Kier alpha value is -5.36. The summed E-state index contributed by atoms with van der Waals surface area (Å²) in [5.74, 6) is 0.335. The molecule has 2 aromatic heterocycles. The summed E-state index contributed by atoms with van der Waals surface area (Å²) in [7, 11) is -0.327. The Morgan fingerprint density at radius 3 is 1.39 bits per heavy atom. The largest absolute Gasteiger partial charge is 0.465 e. The zero-order valence-corrected chi connectivity index (χ0v) is 33.3. The molecule has 2 unspecified atom stereocenters. The van der Waals surface area contributed by atoms with E-state index in [1.165, 1.54) is 44.5 Å². The minimum absolute atomic E-state index is 0.0883. The van der Waals surface area contributed by atoms with Crippen LogP contribution >= 0.6 is 0 Å². The lowest BCUT2D eigenvalue weighted by molar-refractivity contribution is 0.00578. The van der Waals surface area contributed by atoms with Crippen molar-refractivity contribution in [1.29, 1.82) is 0 Å². The van der Waals surface area contributed by atoms with E-state index in [1.54, 1.807) is 0 Å². The summed E-state index contributed by atoms with van der Waals surface area (Å²) >= 11 is 0. The second-order valence-electron chi connectivity index (χ2n) is 16.4. The van der Waals surface area contributed by atoms with E-state index in [9.17, 15) is 0 Å². The van der Waals surface area contributed by atoms with Gasteiger partial charge in [0.15, 0.2) is 0 Å². The lowest BCUT2D eigenvalue weighted by Crippen LogP contribution is -2.41. The molecule has 3 heterocycles. The van der Waals surface area contributed by atoms with Gasteiger partial charge in [0, 0.05) is 29.3 Å². The van der Waals surface area contributed by atoms with E-state index in [4.69, 9.17) is 19.3 Å². The van der Waals surface area contributed by atoms with E-state index in [2.05, 4.69) is 187 Å². The van der Waals surface area contributed by atoms with Crippen LogP contribution in [0.1, 0.15) is 58.6 Å². The zero-order valence-electron chi connectivity index (χ0n) is 33.3. The molecule has 280 valence electrons. The van der Waals surface area contributed by atoms with Gasteiger partial charge in [-0.2, -0.15) is 0 Å². The average molecular weight is 735 g/mol. The van der Waals surface area contributed by atoms with Crippen LogP contribution < -0.4 is 0 Å². The van der Waals surface area contributed by atoms with E-state index < -0.39 is 11.2 Å². The maximum absolute atomic E-state index is 6.75. The van der Waals surface area contributed by atoms with Gasteiger partial charge in [0.05, 0.1) is 22.6 Å². The van der Waals surface area contributed by atoms with Gasteiger partial charge in [0.25, 0.3) is 0 Å². The molecule has 0 amide bonds. The first-order valence-corrected chi connectivity index (χ1v) is 20.1. The Kier molecular flexibility index (Phi) is 10.7. The molecule has 1 saturated heterocycles.